The van der Waals surface area contributed by atoms with Crippen LogP contribution in [0.15, 0.2) is 47.6 Å². The van der Waals surface area contributed by atoms with E-state index in [2.05, 4.69) is 9.82 Å². The summed E-state index contributed by atoms with van der Waals surface area (Å²) in [4.78, 5) is 0.178. The second-order valence-corrected chi connectivity index (χ2v) is 7.04. The van der Waals surface area contributed by atoms with Crippen molar-refractivity contribution >= 4 is 10.0 Å². The maximum atomic E-state index is 12.2. The van der Waals surface area contributed by atoms with Crippen LogP contribution in [0.3, 0.4) is 0 Å². The lowest BCUT2D eigenvalue weighted by atomic mass is 9.88. The summed E-state index contributed by atoms with van der Waals surface area (Å²) < 4.78 is 28.7. The third kappa shape index (κ3) is 3.15. The topological polar surface area (TPSA) is 90.0 Å². The SMILES string of the molecule is NC1CCC1NS(=O)(=O)c1cnn(Cc2ccccc2)c1. The van der Waals surface area contributed by atoms with E-state index in [1.807, 2.05) is 30.3 Å². The molecule has 0 radical (unpaired) electrons. The van der Waals surface area contributed by atoms with Crippen LogP contribution in [0.4, 0.5) is 0 Å². The van der Waals surface area contributed by atoms with Crippen molar-refractivity contribution in [2.24, 2.45) is 5.73 Å². The minimum absolute atomic E-state index is 0.0841. The summed E-state index contributed by atoms with van der Waals surface area (Å²) in [5, 5.41) is 4.11. The molecule has 2 unspecified atom stereocenters. The summed E-state index contributed by atoms with van der Waals surface area (Å²) >= 11 is 0. The average molecular weight is 306 g/mol. The molecule has 2 aromatic rings. The van der Waals surface area contributed by atoms with Crippen molar-refractivity contribution in [1.29, 1.82) is 0 Å². The Kier molecular flexibility index (Phi) is 3.79. The average Bonchev–Trinajstić information content (AvgIpc) is 2.94. The first-order valence-electron chi connectivity index (χ1n) is 6.89. The summed E-state index contributed by atoms with van der Waals surface area (Å²) in [6, 6.07) is 9.52. The van der Waals surface area contributed by atoms with Gasteiger partial charge in [-0.15, -0.1) is 0 Å². The maximum absolute atomic E-state index is 12.2. The molecule has 3 N–H and O–H groups in total. The molecule has 1 fully saturated rings. The molecule has 6 nitrogen and oxygen atoms in total. The molecule has 1 aromatic carbocycles. The monoisotopic (exact) mass is 306 g/mol. The molecule has 1 aliphatic rings. The smallest absolute Gasteiger partial charge is 0.243 e. The van der Waals surface area contributed by atoms with Crippen LogP contribution in [0.25, 0.3) is 0 Å². The molecule has 1 aliphatic carbocycles. The first kappa shape index (κ1) is 14.2. The van der Waals surface area contributed by atoms with E-state index < -0.39 is 10.0 Å². The number of nitrogens with two attached hydrogens (primary N) is 1. The lowest BCUT2D eigenvalue weighted by Crippen LogP contribution is -2.54. The molecule has 0 saturated heterocycles. The van der Waals surface area contributed by atoms with Crippen LogP contribution >= 0.6 is 0 Å². The van der Waals surface area contributed by atoms with Crippen molar-refractivity contribution in [3.8, 4) is 0 Å². The van der Waals surface area contributed by atoms with Crippen LogP contribution in [-0.2, 0) is 16.6 Å². The molecule has 0 aliphatic heterocycles. The zero-order valence-corrected chi connectivity index (χ0v) is 12.3. The highest BCUT2D eigenvalue weighted by atomic mass is 32.2. The number of sulfonamides is 1. The van der Waals surface area contributed by atoms with Gasteiger partial charge in [0.05, 0.1) is 12.7 Å². The standard InChI is InChI=1S/C14H18N4O2S/c15-13-6-7-14(13)17-21(19,20)12-8-16-18(10-12)9-11-4-2-1-3-5-11/h1-5,8,10,13-14,17H,6-7,9,15H2. The molecular formula is C14H18N4O2S. The molecule has 2 atom stereocenters. The van der Waals surface area contributed by atoms with Gasteiger partial charge in [-0.25, -0.2) is 13.1 Å². The summed E-state index contributed by atoms with van der Waals surface area (Å²) in [7, 11) is -3.54. The molecular weight excluding hydrogens is 288 g/mol. The van der Waals surface area contributed by atoms with Gasteiger partial charge in [0.25, 0.3) is 0 Å². The Hall–Kier alpha value is -1.70. The molecule has 7 heteroatoms. The molecule has 3 rings (SSSR count). The molecule has 1 aromatic heterocycles. The van der Waals surface area contributed by atoms with Crippen LogP contribution in [0.2, 0.25) is 0 Å². The van der Waals surface area contributed by atoms with Gasteiger partial charge in [-0.3, -0.25) is 4.68 Å². The second-order valence-electron chi connectivity index (χ2n) is 5.33. The number of rotatable bonds is 5. The molecule has 112 valence electrons. The van der Waals surface area contributed by atoms with Gasteiger partial charge in [-0.05, 0) is 18.4 Å². The largest absolute Gasteiger partial charge is 0.326 e. The zero-order chi connectivity index (χ0) is 14.9. The minimum Gasteiger partial charge on any atom is -0.326 e. The Bertz CT molecular complexity index is 712. The predicted molar refractivity (Wildman–Crippen MR) is 79.1 cm³/mol. The van der Waals surface area contributed by atoms with Crippen LogP contribution in [0, 0.1) is 0 Å². The van der Waals surface area contributed by atoms with Crippen molar-refractivity contribution in [2.45, 2.75) is 36.4 Å². The highest BCUT2D eigenvalue weighted by molar-refractivity contribution is 7.89. The summed E-state index contributed by atoms with van der Waals surface area (Å²) in [6.45, 7) is 0.541. The van der Waals surface area contributed by atoms with Gasteiger partial charge in [-0.1, -0.05) is 30.3 Å². The number of nitrogens with one attached hydrogen (secondary N) is 1. The number of aromatic nitrogens is 2. The molecule has 21 heavy (non-hydrogen) atoms. The molecule has 0 bridgehead atoms. The van der Waals surface area contributed by atoms with Crippen LogP contribution < -0.4 is 10.5 Å². The van der Waals surface area contributed by atoms with Gasteiger partial charge >= 0.3 is 0 Å². The first-order chi connectivity index (χ1) is 10.0. The van der Waals surface area contributed by atoms with Crippen molar-refractivity contribution < 1.29 is 8.42 Å². The minimum atomic E-state index is -3.54. The summed E-state index contributed by atoms with van der Waals surface area (Å²) in [6.07, 6.45) is 4.56. The Morgan fingerprint density at radius 2 is 2.05 bits per heavy atom. The maximum Gasteiger partial charge on any atom is 0.243 e. The first-order valence-corrected chi connectivity index (χ1v) is 8.37. The molecule has 0 amide bonds. The molecule has 1 saturated carbocycles. The lowest BCUT2D eigenvalue weighted by Gasteiger charge is -2.33. The van der Waals surface area contributed by atoms with Crippen molar-refractivity contribution in [3.63, 3.8) is 0 Å². The van der Waals surface area contributed by atoms with Crippen LogP contribution in [0.5, 0.6) is 0 Å². The summed E-state index contributed by atoms with van der Waals surface area (Å²) in [5.41, 5.74) is 6.84. The Morgan fingerprint density at radius 3 is 2.67 bits per heavy atom. The van der Waals surface area contributed by atoms with Crippen molar-refractivity contribution in [3.05, 3.63) is 48.3 Å². The third-order valence-electron chi connectivity index (χ3n) is 3.74. The fraction of sp³-hybridized carbons (Fsp3) is 0.357. The highest BCUT2D eigenvalue weighted by Gasteiger charge is 2.32. The Labute approximate surface area is 124 Å². The van der Waals surface area contributed by atoms with E-state index >= 15 is 0 Å². The number of nitrogens with zero attached hydrogens (tertiary/aromatic N) is 2. The quantitative estimate of drug-likeness (QED) is 0.851. The van der Waals surface area contributed by atoms with E-state index in [0.717, 1.165) is 18.4 Å². The normalized spacial score (nSPS) is 22.0. The molecule has 0 spiro atoms. The number of hydrogen-bond donors (Lipinski definition) is 2. The van der Waals surface area contributed by atoms with E-state index in [-0.39, 0.29) is 17.0 Å². The fourth-order valence-electron chi connectivity index (χ4n) is 2.28. The van der Waals surface area contributed by atoms with Gasteiger partial charge in [0.1, 0.15) is 4.90 Å². The van der Waals surface area contributed by atoms with E-state index in [0.29, 0.717) is 6.54 Å². The van der Waals surface area contributed by atoms with Crippen LogP contribution in [0.1, 0.15) is 18.4 Å². The van der Waals surface area contributed by atoms with Crippen LogP contribution in [-0.4, -0.2) is 30.3 Å². The Balaban J connectivity index is 1.72. The van der Waals surface area contributed by atoms with Gasteiger partial charge in [-0.2, -0.15) is 5.10 Å². The second kappa shape index (κ2) is 5.59. The number of benzene rings is 1. The van der Waals surface area contributed by atoms with E-state index in [1.165, 1.54) is 6.20 Å². The number of hydrogen-bond acceptors (Lipinski definition) is 4. The summed E-state index contributed by atoms with van der Waals surface area (Å²) in [5.74, 6) is 0. The highest BCUT2D eigenvalue weighted by Crippen LogP contribution is 2.20. The van der Waals surface area contributed by atoms with Gasteiger partial charge < -0.3 is 5.73 Å². The Morgan fingerprint density at radius 1 is 1.29 bits per heavy atom. The van der Waals surface area contributed by atoms with E-state index in [4.69, 9.17) is 5.73 Å². The predicted octanol–water partition coefficient (Wildman–Crippen LogP) is 0.699. The third-order valence-corrected chi connectivity index (χ3v) is 5.19. The van der Waals surface area contributed by atoms with E-state index in [1.54, 1.807) is 10.9 Å². The van der Waals surface area contributed by atoms with Crippen molar-refractivity contribution in [1.82, 2.24) is 14.5 Å². The lowest BCUT2D eigenvalue weighted by molar-refractivity contribution is 0.321. The van der Waals surface area contributed by atoms with Gasteiger partial charge in [0.2, 0.25) is 10.0 Å². The molecule has 1 heterocycles. The fourth-order valence-corrected chi connectivity index (χ4v) is 3.55. The van der Waals surface area contributed by atoms with Gasteiger partial charge in [0, 0.05) is 18.3 Å². The van der Waals surface area contributed by atoms with E-state index in [9.17, 15) is 8.42 Å². The zero-order valence-electron chi connectivity index (χ0n) is 11.5. The van der Waals surface area contributed by atoms with Crippen molar-refractivity contribution in [2.75, 3.05) is 0 Å². The van der Waals surface area contributed by atoms with Gasteiger partial charge in [0.15, 0.2) is 0 Å².